The molecule has 2 aliphatic heterocycles. The second-order valence-electron chi connectivity index (χ2n) is 15.9. The van der Waals surface area contributed by atoms with Crippen LogP contribution in [0.5, 0.6) is 0 Å². The summed E-state index contributed by atoms with van der Waals surface area (Å²) in [5.74, 6) is -0.0598. The van der Waals surface area contributed by atoms with Gasteiger partial charge in [0, 0.05) is 64.7 Å². The van der Waals surface area contributed by atoms with Crippen LogP contribution in [0.1, 0.15) is 80.7 Å². The first-order valence-corrected chi connectivity index (χ1v) is 23.7. The number of amides is 2. The first-order valence-electron chi connectivity index (χ1n) is 21.4. The van der Waals surface area contributed by atoms with Gasteiger partial charge in [-0.25, -0.2) is 15.0 Å². The Morgan fingerprint density at radius 2 is 1.00 bits per heavy atom. The van der Waals surface area contributed by atoms with Crippen LogP contribution in [0.2, 0.25) is 30.5 Å². The van der Waals surface area contributed by atoms with E-state index in [1.165, 1.54) is 24.5 Å². The van der Waals surface area contributed by atoms with Crippen molar-refractivity contribution in [3.63, 3.8) is 0 Å². The molecule has 0 bridgehead atoms. The minimum absolute atomic E-state index is 0.219. The molecule has 16 heteroatoms. The number of carbonyl (C=O) groups excluding carboxylic acids is 2. The van der Waals surface area contributed by atoms with Crippen LogP contribution in [0.3, 0.4) is 0 Å². The average molecular weight is 1000 g/mol. The summed E-state index contributed by atoms with van der Waals surface area (Å²) in [6, 6.07) is 27.2. The second kappa shape index (κ2) is 24.2. The molecule has 6 aromatic rings. The Morgan fingerprint density at radius 1 is 0.530 bits per heavy atom. The van der Waals surface area contributed by atoms with Crippen LogP contribution in [0.15, 0.2) is 122 Å². The highest BCUT2D eigenvalue weighted by atomic mass is 35.5. The van der Waals surface area contributed by atoms with Gasteiger partial charge in [-0.1, -0.05) is 118 Å². The van der Waals surface area contributed by atoms with E-state index in [-0.39, 0.29) is 34.0 Å². The summed E-state index contributed by atoms with van der Waals surface area (Å²) in [6.07, 6.45) is 17.0. The van der Waals surface area contributed by atoms with E-state index in [0.717, 1.165) is 97.5 Å². The minimum Gasteiger partial charge on any atom is -0.320 e. The number of benzene rings is 2. The lowest BCUT2D eigenvalue weighted by Gasteiger charge is -2.31. The molecule has 0 unspecified atom stereocenters. The maximum absolute atomic E-state index is 12.7. The maximum atomic E-state index is 12.7. The van der Waals surface area contributed by atoms with Crippen LogP contribution < -0.4 is 10.6 Å². The van der Waals surface area contributed by atoms with E-state index in [0.29, 0.717) is 32.7 Å². The number of nitrogens with one attached hydrogen (secondary N) is 2. The number of hydrogen-bond acceptors (Lipinski definition) is 8. The quantitative estimate of drug-likeness (QED) is 0.116. The van der Waals surface area contributed by atoms with Crippen LogP contribution >= 0.6 is 69.6 Å². The Hall–Kier alpha value is -4.88. The largest absolute Gasteiger partial charge is 0.320 e. The van der Waals surface area contributed by atoms with Crippen LogP contribution in [-0.4, -0.2) is 80.8 Å². The first-order chi connectivity index (χ1) is 31.9. The molecule has 2 saturated heterocycles. The minimum atomic E-state index is -0.269. The SMILES string of the molecule is O=C(Nc1cc(Cl)cnc1C1CCN(C/C=C/c2ccc(Cl)cc2)CC1)c1ccnc(Cl)c1.O=C(Nc1ccc(Cl)nc1C1CCN(C/C=C/c2ccc(Cl)cc2)CC1)c1ccnc(Cl)c1. The Bertz CT molecular complexity index is 2650. The summed E-state index contributed by atoms with van der Waals surface area (Å²) in [4.78, 5) is 47.2. The highest BCUT2D eigenvalue weighted by Crippen LogP contribution is 2.35. The number of carbonyl (C=O) groups is 2. The number of likely N-dealkylation sites (tertiary alicyclic amines) is 2. The highest BCUT2D eigenvalue weighted by molar-refractivity contribution is 6.32. The number of nitrogens with zero attached hydrogens (tertiary/aromatic N) is 6. The molecule has 2 aliphatic rings. The third kappa shape index (κ3) is 14.6. The fraction of sp³-hybridized carbons (Fsp3) is 0.240. The number of aromatic nitrogens is 4. The van der Waals surface area contributed by atoms with Gasteiger partial charge in [0.15, 0.2) is 0 Å². The Kier molecular flexibility index (Phi) is 18.0. The van der Waals surface area contributed by atoms with E-state index in [4.69, 9.17) is 69.6 Å². The van der Waals surface area contributed by atoms with Crippen molar-refractivity contribution in [2.45, 2.75) is 37.5 Å². The predicted octanol–water partition coefficient (Wildman–Crippen LogP) is 13.2. The molecule has 66 heavy (non-hydrogen) atoms. The predicted molar refractivity (Wildman–Crippen MR) is 271 cm³/mol. The van der Waals surface area contributed by atoms with Crippen molar-refractivity contribution in [1.82, 2.24) is 29.7 Å². The molecule has 0 saturated carbocycles. The van der Waals surface area contributed by atoms with Crippen molar-refractivity contribution in [3.8, 4) is 0 Å². The second-order valence-corrected chi connectivity index (χ2v) is 18.3. The highest BCUT2D eigenvalue weighted by Gasteiger charge is 2.26. The summed E-state index contributed by atoms with van der Waals surface area (Å²) in [7, 11) is 0. The first kappa shape index (κ1) is 49.0. The molecule has 0 atom stereocenters. The molecular formula is C50H46Cl6N8O2. The molecule has 10 nitrogen and oxygen atoms in total. The van der Waals surface area contributed by atoms with Crippen LogP contribution in [-0.2, 0) is 0 Å². The Balaban J connectivity index is 0.000000196. The van der Waals surface area contributed by atoms with Crippen molar-refractivity contribution in [2.75, 3.05) is 49.9 Å². The normalized spacial score (nSPS) is 15.1. The molecule has 8 rings (SSSR count). The van der Waals surface area contributed by atoms with E-state index in [9.17, 15) is 9.59 Å². The van der Waals surface area contributed by atoms with Gasteiger partial charge in [-0.2, -0.15) is 0 Å². The molecule has 2 N–H and O–H groups in total. The summed E-state index contributed by atoms with van der Waals surface area (Å²) in [6.45, 7) is 5.55. The fourth-order valence-corrected chi connectivity index (χ4v) is 8.73. The third-order valence-electron chi connectivity index (χ3n) is 11.3. The van der Waals surface area contributed by atoms with Crippen molar-refractivity contribution in [2.24, 2.45) is 0 Å². The van der Waals surface area contributed by atoms with Crippen LogP contribution in [0, 0.1) is 0 Å². The zero-order valence-electron chi connectivity index (χ0n) is 35.7. The third-order valence-corrected chi connectivity index (χ3v) is 12.6. The zero-order chi connectivity index (χ0) is 46.4. The van der Waals surface area contributed by atoms with Gasteiger partial charge >= 0.3 is 0 Å². The number of piperidine rings is 2. The van der Waals surface area contributed by atoms with Crippen molar-refractivity contribution in [3.05, 3.63) is 186 Å². The smallest absolute Gasteiger partial charge is 0.255 e. The summed E-state index contributed by atoms with van der Waals surface area (Å²) < 4.78 is 0. The van der Waals surface area contributed by atoms with Gasteiger partial charge < -0.3 is 10.6 Å². The summed E-state index contributed by atoms with van der Waals surface area (Å²) >= 11 is 36.1. The van der Waals surface area contributed by atoms with Crippen LogP contribution in [0.25, 0.3) is 12.2 Å². The van der Waals surface area contributed by atoms with Crippen molar-refractivity contribution < 1.29 is 9.59 Å². The van der Waals surface area contributed by atoms with E-state index in [1.54, 1.807) is 30.5 Å². The summed E-state index contributed by atoms with van der Waals surface area (Å²) in [5, 5.41) is 8.84. The molecule has 0 spiro atoms. The number of rotatable bonds is 12. The van der Waals surface area contributed by atoms with Gasteiger partial charge in [-0.3, -0.25) is 24.4 Å². The monoisotopic (exact) mass is 1000 g/mol. The molecule has 4 aromatic heterocycles. The van der Waals surface area contributed by atoms with E-state index >= 15 is 0 Å². The van der Waals surface area contributed by atoms with Crippen molar-refractivity contribution in [1.29, 1.82) is 0 Å². The average Bonchev–Trinajstić information content (AvgIpc) is 3.32. The molecule has 6 heterocycles. The topological polar surface area (TPSA) is 116 Å². The van der Waals surface area contributed by atoms with Gasteiger partial charge in [0.2, 0.25) is 0 Å². The molecule has 0 radical (unpaired) electrons. The van der Waals surface area contributed by atoms with E-state index in [2.05, 4.69) is 64.7 Å². The maximum Gasteiger partial charge on any atom is 0.255 e. The van der Waals surface area contributed by atoms with Crippen molar-refractivity contribution >= 4 is 105 Å². The standard InChI is InChI=1S/2C25H23Cl3N4O/c26-20-5-3-17(4-6-20)2-1-11-32-12-8-18(9-13-32)24-22(15-21(27)16-30-24)31-25(33)19-7-10-29-23(28)14-19;26-20-5-3-17(4-6-20)2-1-13-32-14-10-18(11-15-32)24-21(7-8-22(27)31-24)30-25(33)19-9-12-29-23(28)16-19/h1-7,10,14-16,18H,8-9,11-13H2,(H,31,33);1-9,12,16,18H,10-11,13-15H2,(H,30,33)/b2*2-1+. The molecule has 2 amide bonds. The van der Waals surface area contributed by atoms with Gasteiger partial charge in [-0.05, 0) is 130 Å². The number of hydrogen-bond donors (Lipinski definition) is 2. The molecule has 2 aromatic carbocycles. The lowest BCUT2D eigenvalue weighted by molar-refractivity contribution is 0.101. The van der Waals surface area contributed by atoms with Gasteiger partial charge in [0.25, 0.3) is 11.8 Å². The van der Waals surface area contributed by atoms with Crippen LogP contribution in [0.4, 0.5) is 11.4 Å². The number of anilines is 2. The molecule has 2 fully saturated rings. The van der Waals surface area contributed by atoms with Gasteiger partial charge in [-0.15, -0.1) is 0 Å². The van der Waals surface area contributed by atoms with E-state index < -0.39 is 0 Å². The Labute approximate surface area is 415 Å². The molecular weight excluding hydrogens is 957 g/mol. The molecule has 0 aliphatic carbocycles. The number of halogens is 6. The fourth-order valence-electron chi connectivity index (χ4n) is 7.82. The van der Waals surface area contributed by atoms with Gasteiger partial charge in [0.1, 0.15) is 15.5 Å². The number of pyridine rings is 4. The lowest BCUT2D eigenvalue weighted by Crippen LogP contribution is -2.33. The van der Waals surface area contributed by atoms with E-state index in [1.807, 2.05) is 54.6 Å². The summed E-state index contributed by atoms with van der Waals surface area (Å²) in [5.41, 5.74) is 6.15. The van der Waals surface area contributed by atoms with Gasteiger partial charge in [0.05, 0.1) is 27.8 Å². The zero-order valence-corrected chi connectivity index (χ0v) is 40.2. The molecule has 340 valence electrons. The lowest BCUT2D eigenvalue weighted by atomic mass is 9.92. The Morgan fingerprint density at radius 3 is 1.48 bits per heavy atom.